The van der Waals surface area contributed by atoms with Crippen LogP contribution in [-0.2, 0) is 6.54 Å². The highest BCUT2D eigenvalue weighted by atomic mass is 16.4. The predicted octanol–water partition coefficient (Wildman–Crippen LogP) is 2.49. The van der Waals surface area contributed by atoms with E-state index in [0.717, 1.165) is 22.6 Å². The van der Waals surface area contributed by atoms with E-state index in [0.29, 0.717) is 6.54 Å². The van der Waals surface area contributed by atoms with Crippen molar-refractivity contribution < 1.29 is 9.90 Å². The number of aryl methyl sites for hydroxylation is 1. The van der Waals surface area contributed by atoms with Crippen LogP contribution in [-0.4, -0.2) is 25.6 Å². The molecule has 1 aromatic carbocycles. The molecule has 0 fully saturated rings. The number of nitrogens with zero attached hydrogens (tertiary/aromatic N) is 3. The summed E-state index contributed by atoms with van der Waals surface area (Å²) in [6.07, 6.45) is 1.74. The van der Waals surface area contributed by atoms with E-state index in [1.165, 1.54) is 0 Å². The van der Waals surface area contributed by atoms with Gasteiger partial charge >= 0.3 is 5.97 Å². The number of hydrogen-bond donors (Lipinski definition) is 1. The lowest BCUT2D eigenvalue weighted by molar-refractivity contribution is 0.0697. The van der Waals surface area contributed by atoms with E-state index in [1.807, 2.05) is 29.7 Å². The lowest BCUT2D eigenvalue weighted by atomic mass is 10.2. The molecule has 0 amide bonds. The summed E-state index contributed by atoms with van der Waals surface area (Å²) >= 11 is 0. The van der Waals surface area contributed by atoms with E-state index in [1.54, 1.807) is 24.4 Å². The van der Waals surface area contributed by atoms with Gasteiger partial charge in [0.1, 0.15) is 5.82 Å². The first kappa shape index (κ1) is 12.3. The summed E-state index contributed by atoms with van der Waals surface area (Å²) in [6, 6.07) is 10.7. The van der Waals surface area contributed by atoms with Crippen molar-refractivity contribution in [1.29, 1.82) is 0 Å². The van der Waals surface area contributed by atoms with Crippen molar-refractivity contribution in [3.05, 3.63) is 59.7 Å². The van der Waals surface area contributed by atoms with E-state index >= 15 is 0 Å². The number of carboxylic acid groups (broad SMARTS) is 1. The van der Waals surface area contributed by atoms with Crippen LogP contribution in [0, 0.1) is 6.92 Å². The topological polar surface area (TPSA) is 68.0 Å². The first-order chi connectivity index (χ1) is 9.65. The summed E-state index contributed by atoms with van der Waals surface area (Å²) in [4.78, 5) is 19.8. The van der Waals surface area contributed by atoms with Crippen molar-refractivity contribution in [2.45, 2.75) is 13.5 Å². The Bertz CT molecular complexity index is 778. The lowest BCUT2D eigenvalue weighted by Crippen LogP contribution is -2.04. The zero-order chi connectivity index (χ0) is 14.1. The summed E-state index contributed by atoms with van der Waals surface area (Å²) in [5.74, 6) is -0.0941. The van der Waals surface area contributed by atoms with Crippen LogP contribution in [0.5, 0.6) is 0 Å². The minimum absolute atomic E-state index is 0.264. The molecule has 1 N–H and O–H groups in total. The maximum Gasteiger partial charge on any atom is 0.335 e. The molecular formula is C15H13N3O2. The molecule has 0 aliphatic rings. The number of imidazole rings is 1. The molecule has 3 aromatic rings. The molecule has 0 radical (unpaired) electrons. The number of aromatic carboxylic acids is 1. The molecule has 0 saturated carbocycles. The lowest BCUT2D eigenvalue weighted by Gasteiger charge is -2.06. The third-order valence-electron chi connectivity index (χ3n) is 3.23. The Labute approximate surface area is 115 Å². The number of rotatable bonds is 3. The van der Waals surface area contributed by atoms with Crippen LogP contribution in [0.25, 0.3) is 11.0 Å². The van der Waals surface area contributed by atoms with Gasteiger partial charge in [0, 0.05) is 6.20 Å². The molecule has 0 spiro atoms. The molecule has 0 bridgehead atoms. The third-order valence-corrected chi connectivity index (χ3v) is 3.23. The smallest absolute Gasteiger partial charge is 0.335 e. The second-order valence-electron chi connectivity index (χ2n) is 4.57. The van der Waals surface area contributed by atoms with Gasteiger partial charge in [-0.1, -0.05) is 6.07 Å². The first-order valence-electron chi connectivity index (χ1n) is 6.25. The number of fused-ring (bicyclic) bond motifs is 1. The predicted molar refractivity (Wildman–Crippen MR) is 74.8 cm³/mol. The van der Waals surface area contributed by atoms with E-state index in [-0.39, 0.29) is 5.56 Å². The Balaban J connectivity index is 2.11. The zero-order valence-corrected chi connectivity index (χ0v) is 10.9. The number of carboxylic acids is 1. The Hall–Kier alpha value is -2.69. The van der Waals surface area contributed by atoms with Crippen LogP contribution in [0.2, 0.25) is 0 Å². The Morgan fingerprint density at radius 3 is 2.85 bits per heavy atom. The van der Waals surface area contributed by atoms with E-state index < -0.39 is 5.97 Å². The van der Waals surface area contributed by atoms with Crippen LogP contribution < -0.4 is 0 Å². The van der Waals surface area contributed by atoms with Crippen LogP contribution in [0.3, 0.4) is 0 Å². The molecule has 100 valence electrons. The van der Waals surface area contributed by atoms with Crippen molar-refractivity contribution in [3.8, 4) is 0 Å². The second kappa shape index (κ2) is 4.77. The van der Waals surface area contributed by atoms with Crippen LogP contribution in [0.15, 0.2) is 42.6 Å². The van der Waals surface area contributed by atoms with Gasteiger partial charge in [-0.3, -0.25) is 4.98 Å². The summed E-state index contributed by atoms with van der Waals surface area (Å²) in [6.45, 7) is 2.48. The highest BCUT2D eigenvalue weighted by molar-refractivity contribution is 5.92. The van der Waals surface area contributed by atoms with Gasteiger partial charge in [-0.15, -0.1) is 0 Å². The van der Waals surface area contributed by atoms with Crippen molar-refractivity contribution in [1.82, 2.24) is 14.5 Å². The molecule has 5 nitrogen and oxygen atoms in total. The highest BCUT2D eigenvalue weighted by Crippen LogP contribution is 2.19. The molecule has 0 unspecified atom stereocenters. The van der Waals surface area contributed by atoms with Gasteiger partial charge in [0.05, 0.1) is 28.8 Å². The van der Waals surface area contributed by atoms with Crippen LogP contribution in [0.1, 0.15) is 21.9 Å². The van der Waals surface area contributed by atoms with Gasteiger partial charge in [0.15, 0.2) is 0 Å². The maximum atomic E-state index is 11.1. The summed E-state index contributed by atoms with van der Waals surface area (Å²) in [5.41, 5.74) is 2.78. The SMILES string of the molecule is Cc1nc2ccc(C(=O)O)cc2n1Cc1ccccn1. The molecule has 5 heteroatoms. The van der Waals surface area contributed by atoms with Gasteiger partial charge in [-0.2, -0.15) is 0 Å². The van der Waals surface area contributed by atoms with Gasteiger partial charge in [0.2, 0.25) is 0 Å². The van der Waals surface area contributed by atoms with Crippen molar-refractivity contribution in [2.75, 3.05) is 0 Å². The van der Waals surface area contributed by atoms with E-state index in [2.05, 4.69) is 9.97 Å². The molecule has 2 aromatic heterocycles. The Morgan fingerprint density at radius 2 is 2.15 bits per heavy atom. The van der Waals surface area contributed by atoms with Crippen LogP contribution in [0.4, 0.5) is 0 Å². The van der Waals surface area contributed by atoms with Crippen LogP contribution >= 0.6 is 0 Å². The fourth-order valence-corrected chi connectivity index (χ4v) is 2.23. The number of benzene rings is 1. The molecular weight excluding hydrogens is 254 g/mol. The fourth-order valence-electron chi connectivity index (χ4n) is 2.23. The molecule has 20 heavy (non-hydrogen) atoms. The fraction of sp³-hybridized carbons (Fsp3) is 0.133. The normalized spacial score (nSPS) is 10.8. The highest BCUT2D eigenvalue weighted by Gasteiger charge is 2.11. The quantitative estimate of drug-likeness (QED) is 0.791. The minimum Gasteiger partial charge on any atom is -0.478 e. The first-order valence-corrected chi connectivity index (χ1v) is 6.25. The average Bonchev–Trinajstić information content (AvgIpc) is 2.75. The summed E-state index contributed by atoms with van der Waals surface area (Å²) < 4.78 is 1.98. The molecule has 0 aliphatic heterocycles. The number of hydrogen-bond acceptors (Lipinski definition) is 3. The Morgan fingerprint density at radius 1 is 1.30 bits per heavy atom. The van der Waals surface area contributed by atoms with Crippen molar-refractivity contribution >= 4 is 17.0 Å². The minimum atomic E-state index is -0.935. The molecule has 0 aliphatic carbocycles. The number of carbonyl (C=O) groups is 1. The average molecular weight is 267 g/mol. The summed E-state index contributed by atoms with van der Waals surface area (Å²) in [5, 5.41) is 9.09. The van der Waals surface area contributed by atoms with Gasteiger partial charge in [0.25, 0.3) is 0 Å². The molecule has 3 rings (SSSR count). The molecule has 2 heterocycles. The number of aromatic nitrogens is 3. The largest absolute Gasteiger partial charge is 0.478 e. The standard InChI is InChI=1S/C15H13N3O2/c1-10-17-13-6-5-11(15(19)20)8-14(13)18(10)9-12-4-2-3-7-16-12/h2-8H,9H2,1H3,(H,19,20). The summed E-state index contributed by atoms with van der Waals surface area (Å²) in [7, 11) is 0. The van der Waals surface area contributed by atoms with Crippen molar-refractivity contribution in [2.24, 2.45) is 0 Å². The second-order valence-corrected chi connectivity index (χ2v) is 4.57. The molecule has 0 saturated heterocycles. The van der Waals surface area contributed by atoms with Gasteiger partial charge in [-0.05, 0) is 37.3 Å². The van der Waals surface area contributed by atoms with E-state index in [9.17, 15) is 4.79 Å². The number of pyridine rings is 1. The van der Waals surface area contributed by atoms with Gasteiger partial charge in [-0.25, -0.2) is 9.78 Å². The third kappa shape index (κ3) is 2.14. The Kier molecular flexibility index (Phi) is 2.95. The molecule has 0 atom stereocenters. The van der Waals surface area contributed by atoms with Crippen molar-refractivity contribution in [3.63, 3.8) is 0 Å². The zero-order valence-electron chi connectivity index (χ0n) is 10.9. The van der Waals surface area contributed by atoms with E-state index in [4.69, 9.17) is 5.11 Å². The monoisotopic (exact) mass is 267 g/mol. The maximum absolute atomic E-state index is 11.1. The van der Waals surface area contributed by atoms with Gasteiger partial charge < -0.3 is 9.67 Å².